The summed E-state index contributed by atoms with van der Waals surface area (Å²) in [6, 6.07) is 10.5. The Bertz CT molecular complexity index is 1130. The third kappa shape index (κ3) is 4.55. The van der Waals surface area contributed by atoms with Crippen LogP contribution in [0.2, 0.25) is 0 Å². The van der Waals surface area contributed by atoms with E-state index >= 15 is 0 Å². The third-order valence-electron chi connectivity index (χ3n) is 5.37. The van der Waals surface area contributed by atoms with Crippen molar-refractivity contribution in [3.8, 4) is 17.1 Å². The molecule has 1 aliphatic rings. The van der Waals surface area contributed by atoms with E-state index in [1.165, 1.54) is 17.0 Å². The van der Waals surface area contributed by atoms with E-state index in [4.69, 9.17) is 4.74 Å². The van der Waals surface area contributed by atoms with E-state index in [9.17, 15) is 9.59 Å². The zero-order chi connectivity index (χ0) is 21.8. The van der Waals surface area contributed by atoms with Crippen molar-refractivity contribution in [3.63, 3.8) is 0 Å². The molecule has 0 aliphatic carbocycles. The summed E-state index contributed by atoms with van der Waals surface area (Å²) in [4.78, 5) is 40.2. The van der Waals surface area contributed by atoms with E-state index in [0.29, 0.717) is 35.3 Å². The van der Waals surface area contributed by atoms with E-state index in [-0.39, 0.29) is 17.4 Å². The standard InChI is InChI=1S/C22H24N6O3/c1-27-20(29)12-19(18-8-9-23-14-24-18)26-22(27)28-10-4-5-15(13-28)21(30)25-16-6-3-7-17(11-16)31-2/h3,6-9,11-12,14-15H,4-5,10,13H2,1-2H3,(H,25,30). The molecular formula is C22H24N6O3. The third-order valence-corrected chi connectivity index (χ3v) is 5.37. The van der Waals surface area contributed by atoms with Crippen LogP contribution in [-0.4, -0.2) is 45.6 Å². The number of ether oxygens (including phenoxy) is 1. The van der Waals surface area contributed by atoms with Gasteiger partial charge in [0.2, 0.25) is 11.9 Å². The fraction of sp³-hybridized carbons (Fsp3) is 0.318. The number of carbonyl (C=O) groups is 1. The van der Waals surface area contributed by atoms with Crippen molar-refractivity contribution >= 4 is 17.5 Å². The molecule has 160 valence electrons. The van der Waals surface area contributed by atoms with E-state index in [2.05, 4.69) is 20.3 Å². The minimum atomic E-state index is -0.223. The summed E-state index contributed by atoms with van der Waals surface area (Å²) in [5.74, 6) is 0.929. The summed E-state index contributed by atoms with van der Waals surface area (Å²) >= 11 is 0. The summed E-state index contributed by atoms with van der Waals surface area (Å²) in [5.41, 5.74) is 1.58. The summed E-state index contributed by atoms with van der Waals surface area (Å²) in [6.07, 6.45) is 4.63. The Balaban J connectivity index is 1.55. The maximum absolute atomic E-state index is 12.9. The summed E-state index contributed by atoms with van der Waals surface area (Å²) in [6.45, 7) is 1.19. The molecule has 0 saturated carbocycles. The number of hydrogen-bond acceptors (Lipinski definition) is 7. The fourth-order valence-electron chi connectivity index (χ4n) is 3.70. The van der Waals surface area contributed by atoms with Crippen molar-refractivity contribution in [1.29, 1.82) is 0 Å². The van der Waals surface area contributed by atoms with Crippen molar-refractivity contribution in [3.05, 3.63) is 59.3 Å². The average Bonchev–Trinajstić information content (AvgIpc) is 2.81. The number of nitrogens with one attached hydrogen (secondary N) is 1. The largest absolute Gasteiger partial charge is 0.497 e. The van der Waals surface area contributed by atoms with Crippen LogP contribution in [0.1, 0.15) is 12.8 Å². The lowest BCUT2D eigenvalue weighted by molar-refractivity contribution is -0.120. The van der Waals surface area contributed by atoms with E-state index < -0.39 is 0 Å². The molecule has 1 aliphatic heterocycles. The van der Waals surface area contributed by atoms with Gasteiger partial charge in [0.05, 0.1) is 24.4 Å². The zero-order valence-corrected chi connectivity index (χ0v) is 17.5. The van der Waals surface area contributed by atoms with Gasteiger partial charge in [0, 0.05) is 44.2 Å². The molecule has 1 saturated heterocycles. The van der Waals surface area contributed by atoms with Crippen LogP contribution < -0.4 is 20.5 Å². The van der Waals surface area contributed by atoms with Gasteiger partial charge < -0.3 is 15.0 Å². The van der Waals surface area contributed by atoms with Gasteiger partial charge in [-0.1, -0.05) is 6.07 Å². The smallest absolute Gasteiger partial charge is 0.255 e. The first kappa shape index (κ1) is 20.5. The predicted octanol–water partition coefficient (Wildman–Crippen LogP) is 2.10. The van der Waals surface area contributed by atoms with Crippen LogP contribution in [0.3, 0.4) is 0 Å². The van der Waals surface area contributed by atoms with Crippen LogP contribution >= 0.6 is 0 Å². The van der Waals surface area contributed by atoms with Crippen molar-refractivity contribution < 1.29 is 9.53 Å². The molecule has 4 rings (SSSR count). The molecule has 0 bridgehead atoms. The van der Waals surface area contributed by atoms with Gasteiger partial charge in [0.25, 0.3) is 5.56 Å². The molecule has 1 atom stereocenters. The Morgan fingerprint density at radius 2 is 2.10 bits per heavy atom. The molecule has 0 radical (unpaired) electrons. The first-order valence-corrected chi connectivity index (χ1v) is 10.1. The van der Waals surface area contributed by atoms with Gasteiger partial charge >= 0.3 is 0 Å². The predicted molar refractivity (Wildman–Crippen MR) is 117 cm³/mol. The summed E-state index contributed by atoms with van der Waals surface area (Å²) in [7, 11) is 3.28. The molecule has 2 aromatic heterocycles. The van der Waals surface area contributed by atoms with Gasteiger partial charge in [-0.3, -0.25) is 14.2 Å². The molecule has 9 heteroatoms. The van der Waals surface area contributed by atoms with Gasteiger partial charge in [0.1, 0.15) is 12.1 Å². The van der Waals surface area contributed by atoms with E-state index in [0.717, 1.165) is 19.4 Å². The number of anilines is 2. The second-order valence-corrected chi connectivity index (χ2v) is 7.44. The molecule has 1 fully saturated rings. The molecule has 1 unspecified atom stereocenters. The Morgan fingerprint density at radius 1 is 1.23 bits per heavy atom. The second kappa shape index (κ2) is 8.95. The van der Waals surface area contributed by atoms with Gasteiger partial charge in [-0.15, -0.1) is 0 Å². The van der Waals surface area contributed by atoms with Crippen LogP contribution in [0.25, 0.3) is 11.4 Å². The Morgan fingerprint density at radius 3 is 2.87 bits per heavy atom. The molecule has 9 nitrogen and oxygen atoms in total. The van der Waals surface area contributed by atoms with Crippen LogP contribution in [0.15, 0.2) is 53.7 Å². The van der Waals surface area contributed by atoms with Gasteiger partial charge in [0.15, 0.2) is 0 Å². The number of nitrogens with zero attached hydrogens (tertiary/aromatic N) is 5. The zero-order valence-electron chi connectivity index (χ0n) is 17.5. The van der Waals surface area contributed by atoms with E-state index in [1.54, 1.807) is 32.5 Å². The molecule has 1 aromatic carbocycles. The molecule has 3 heterocycles. The van der Waals surface area contributed by atoms with E-state index in [1.807, 2.05) is 23.1 Å². The van der Waals surface area contributed by atoms with Crippen LogP contribution in [0, 0.1) is 5.92 Å². The summed E-state index contributed by atoms with van der Waals surface area (Å²) in [5, 5.41) is 2.97. The molecule has 1 N–H and O–H groups in total. The first-order valence-electron chi connectivity index (χ1n) is 10.1. The number of methoxy groups -OCH3 is 1. The topological polar surface area (TPSA) is 102 Å². The highest BCUT2D eigenvalue weighted by atomic mass is 16.5. The highest BCUT2D eigenvalue weighted by molar-refractivity contribution is 5.93. The highest BCUT2D eigenvalue weighted by Gasteiger charge is 2.28. The normalized spacial score (nSPS) is 16.1. The second-order valence-electron chi connectivity index (χ2n) is 7.44. The van der Waals surface area contributed by atoms with Crippen molar-refractivity contribution in [2.75, 3.05) is 30.4 Å². The number of piperidine rings is 1. The van der Waals surface area contributed by atoms with Crippen LogP contribution in [0.4, 0.5) is 11.6 Å². The number of benzene rings is 1. The lowest BCUT2D eigenvalue weighted by atomic mass is 9.97. The van der Waals surface area contributed by atoms with Crippen molar-refractivity contribution in [2.45, 2.75) is 12.8 Å². The minimum absolute atomic E-state index is 0.0603. The molecule has 1 amide bonds. The monoisotopic (exact) mass is 420 g/mol. The average molecular weight is 420 g/mol. The highest BCUT2D eigenvalue weighted by Crippen LogP contribution is 2.24. The summed E-state index contributed by atoms with van der Waals surface area (Å²) < 4.78 is 6.73. The number of carbonyl (C=O) groups excluding carboxylic acids is 1. The van der Waals surface area contributed by atoms with Crippen molar-refractivity contribution in [2.24, 2.45) is 13.0 Å². The minimum Gasteiger partial charge on any atom is -0.497 e. The molecule has 3 aromatic rings. The quantitative estimate of drug-likeness (QED) is 0.674. The van der Waals surface area contributed by atoms with Crippen molar-refractivity contribution in [1.82, 2.24) is 19.5 Å². The van der Waals surface area contributed by atoms with Gasteiger partial charge in [-0.2, -0.15) is 0 Å². The lowest BCUT2D eigenvalue weighted by Crippen LogP contribution is -2.43. The van der Waals surface area contributed by atoms with Gasteiger partial charge in [-0.05, 0) is 31.0 Å². The maximum Gasteiger partial charge on any atom is 0.255 e. The number of hydrogen-bond donors (Lipinski definition) is 1. The maximum atomic E-state index is 12.9. The Hall–Kier alpha value is -3.75. The number of rotatable bonds is 5. The SMILES string of the molecule is COc1cccc(NC(=O)C2CCCN(c3nc(-c4ccncn4)cc(=O)n3C)C2)c1. The lowest BCUT2D eigenvalue weighted by Gasteiger charge is -2.33. The number of aromatic nitrogens is 4. The van der Waals surface area contributed by atoms with Crippen LogP contribution in [0.5, 0.6) is 5.75 Å². The fourth-order valence-corrected chi connectivity index (χ4v) is 3.70. The van der Waals surface area contributed by atoms with Crippen LogP contribution in [-0.2, 0) is 11.8 Å². The Kier molecular flexibility index (Phi) is 5.92. The number of amides is 1. The first-order chi connectivity index (χ1) is 15.0. The molecule has 31 heavy (non-hydrogen) atoms. The van der Waals surface area contributed by atoms with Gasteiger partial charge in [-0.25, -0.2) is 15.0 Å². The molecular weight excluding hydrogens is 396 g/mol. The molecule has 0 spiro atoms. The Labute approximate surface area is 179 Å².